The third-order valence-electron chi connectivity index (χ3n) is 5.81. The normalized spacial score (nSPS) is 23.8. The number of rotatable bonds is 6. The van der Waals surface area contributed by atoms with Crippen LogP contribution in [0.5, 0.6) is 5.75 Å². The zero-order chi connectivity index (χ0) is 22.1. The van der Waals surface area contributed by atoms with Crippen LogP contribution in [0.3, 0.4) is 0 Å². The molecule has 0 saturated heterocycles. The Bertz CT molecular complexity index is 971. The Morgan fingerprint density at radius 1 is 1.07 bits per heavy atom. The van der Waals surface area contributed by atoms with Crippen LogP contribution >= 0.6 is 0 Å². The molecule has 2 aromatic rings. The molecule has 158 valence electrons. The van der Waals surface area contributed by atoms with Crippen molar-refractivity contribution in [3.63, 3.8) is 0 Å². The van der Waals surface area contributed by atoms with Crippen LogP contribution < -0.4 is 10.1 Å². The van der Waals surface area contributed by atoms with Gasteiger partial charge in [0.2, 0.25) is 0 Å². The molecule has 2 N–H and O–H groups in total. The number of carbonyl (C=O) groups is 2. The van der Waals surface area contributed by atoms with Gasteiger partial charge in [-0.3, -0.25) is 9.59 Å². The molecule has 2 aromatic carbocycles. The third kappa shape index (κ3) is 4.31. The van der Waals surface area contributed by atoms with E-state index in [9.17, 15) is 14.7 Å². The number of hydrogen-bond acceptors (Lipinski definition) is 5. The zero-order valence-corrected chi connectivity index (χ0v) is 18.2. The summed E-state index contributed by atoms with van der Waals surface area (Å²) in [5, 5.41) is 14.6. The SMILES string of the molecule is COc1ccc(NC2=C(C(C)=O)C(c3ccc(C)cc3)C(C(C)=O)C(C)(O)C2)cc1. The van der Waals surface area contributed by atoms with Crippen LogP contribution in [0.25, 0.3) is 0 Å². The molecule has 5 heteroatoms. The van der Waals surface area contributed by atoms with Crippen LogP contribution in [-0.4, -0.2) is 29.4 Å². The molecule has 0 aliphatic heterocycles. The maximum absolute atomic E-state index is 12.8. The van der Waals surface area contributed by atoms with Gasteiger partial charge in [0.1, 0.15) is 11.5 Å². The van der Waals surface area contributed by atoms with Gasteiger partial charge < -0.3 is 15.2 Å². The highest BCUT2D eigenvalue weighted by molar-refractivity contribution is 5.98. The minimum absolute atomic E-state index is 0.113. The van der Waals surface area contributed by atoms with E-state index in [0.717, 1.165) is 22.6 Å². The zero-order valence-electron chi connectivity index (χ0n) is 18.2. The van der Waals surface area contributed by atoms with Crippen molar-refractivity contribution in [3.05, 3.63) is 70.9 Å². The molecular formula is C25H29NO4. The minimum atomic E-state index is -1.30. The van der Waals surface area contributed by atoms with Gasteiger partial charge in [-0.05, 0) is 57.5 Å². The second kappa shape index (κ2) is 8.44. The van der Waals surface area contributed by atoms with E-state index in [0.29, 0.717) is 11.3 Å². The Balaban J connectivity index is 2.16. The van der Waals surface area contributed by atoms with Crippen LogP contribution in [-0.2, 0) is 9.59 Å². The number of allylic oxidation sites excluding steroid dienone is 1. The molecule has 0 radical (unpaired) electrons. The van der Waals surface area contributed by atoms with E-state index >= 15 is 0 Å². The molecule has 30 heavy (non-hydrogen) atoms. The Morgan fingerprint density at radius 3 is 2.17 bits per heavy atom. The fourth-order valence-corrected chi connectivity index (χ4v) is 4.47. The lowest BCUT2D eigenvalue weighted by Crippen LogP contribution is -2.48. The van der Waals surface area contributed by atoms with Crippen molar-refractivity contribution in [1.29, 1.82) is 0 Å². The molecule has 3 rings (SSSR count). The number of Topliss-reactive ketones (excluding diaryl/α,β-unsaturated/α-hetero) is 2. The van der Waals surface area contributed by atoms with Crippen LogP contribution in [0, 0.1) is 12.8 Å². The summed E-state index contributed by atoms with van der Waals surface area (Å²) in [5.41, 5.74) is 2.60. The Labute approximate surface area is 177 Å². The summed E-state index contributed by atoms with van der Waals surface area (Å²) in [7, 11) is 1.60. The first kappa shape index (κ1) is 21.8. The van der Waals surface area contributed by atoms with E-state index in [2.05, 4.69) is 5.32 Å². The van der Waals surface area contributed by atoms with E-state index in [-0.39, 0.29) is 18.0 Å². The topological polar surface area (TPSA) is 75.6 Å². The predicted octanol–water partition coefficient (Wildman–Crippen LogP) is 4.40. The molecule has 5 nitrogen and oxygen atoms in total. The van der Waals surface area contributed by atoms with Gasteiger partial charge in [-0.25, -0.2) is 0 Å². The van der Waals surface area contributed by atoms with Gasteiger partial charge in [-0.2, -0.15) is 0 Å². The number of methoxy groups -OCH3 is 1. The van der Waals surface area contributed by atoms with Crippen molar-refractivity contribution in [2.45, 2.75) is 45.6 Å². The van der Waals surface area contributed by atoms with E-state index < -0.39 is 17.4 Å². The Kier molecular flexibility index (Phi) is 6.13. The van der Waals surface area contributed by atoms with Crippen molar-refractivity contribution in [1.82, 2.24) is 0 Å². The number of aryl methyl sites for hydroxylation is 1. The molecular weight excluding hydrogens is 378 g/mol. The number of anilines is 1. The van der Waals surface area contributed by atoms with Crippen LogP contribution in [0.2, 0.25) is 0 Å². The monoisotopic (exact) mass is 407 g/mol. The van der Waals surface area contributed by atoms with Crippen LogP contribution in [0.1, 0.15) is 44.2 Å². The Hall–Kier alpha value is -2.92. The number of aliphatic hydroxyl groups is 1. The van der Waals surface area contributed by atoms with Crippen molar-refractivity contribution >= 4 is 17.3 Å². The van der Waals surface area contributed by atoms with Crippen LogP contribution in [0.4, 0.5) is 5.69 Å². The molecule has 0 bridgehead atoms. The van der Waals surface area contributed by atoms with Gasteiger partial charge in [0, 0.05) is 29.3 Å². The summed E-state index contributed by atoms with van der Waals surface area (Å²) in [4.78, 5) is 25.5. The number of ketones is 2. The highest BCUT2D eigenvalue weighted by atomic mass is 16.5. The van der Waals surface area contributed by atoms with Gasteiger partial charge in [-0.1, -0.05) is 29.8 Å². The standard InChI is InChI=1S/C25H29NO4/c1-15-6-8-18(9-7-15)23-22(16(2)27)21(14-25(4,29)24(23)17(3)28)26-19-10-12-20(30-5)13-11-19/h6-13,23-24,26,29H,14H2,1-5H3. The average Bonchev–Trinajstić information content (AvgIpc) is 2.67. The van der Waals surface area contributed by atoms with Gasteiger partial charge in [0.05, 0.1) is 18.6 Å². The van der Waals surface area contributed by atoms with Crippen molar-refractivity contribution < 1.29 is 19.4 Å². The number of carbonyl (C=O) groups excluding carboxylic acids is 2. The fourth-order valence-electron chi connectivity index (χ4n) is 4.47. The number of nitrogens with one attached hydrogen (secondary N) is 1. The number of benzene rings is 2. The third-order valence-corrected chi connectivity index (χ3v) is 5.81. The summed E-state index contributed by atoms with van der Waals surface area (Å²) < 4.78 is 5.21. The fraction of sp³-hybridized carbons (Fsp3) is 0.360. The second-order valence-corrected chi connectivity index (χ2v) is 8.31. The van der Waals surface area contributed by atoms with Gasteiger partial charge in [0.15, 0.2) is 5.78 Å². The quantitative estimate of drug-likeness (QED) is 0.742. The molecule has 0 heterocycles. The molecule has 0 aromatic heterocycles. The van der Waals surface area contributed by atoms with Crippen molar-refractivity contribution in [3.8, 4) is 5.75 Å². The summed E-state index contributed by atoms with van der Waals surface area (Å²) in [6, 6.07) is 15.2. The second-order valence-electron chi connectivity index (χ2n) is 8.31. The predicted molar refractivity (Wildman–Crippen MR) is 118 cm³/mol. The van der Waals surface area contributed by atoms with E-state index in [1.54, 1.807) is 14.0 Å². The summed E-state index contributed by atoms with van der Waals surface area (Å²) >= 11 is 0. The smallest absolute Gasteiger partial charge is 0.158 e. The molecule has 1 aliphatic carbocycles. The van der Waals surface area contributed by atoms with E-state index in [4.69, 9.17) is 4.74 Å². The molecule has 1 aliphatic rings. The number of hydrogen-bond donors (Lipinski definition) is 2. The molecule has 3 unspecified atom stereocenters. The van der Waals surface area contributed by atoms with E-state index in [1.807, 2.05) is 55.5 Å². The van der Waals surface area contributed by atoms with Gasteiger partial charge in [-0.15, -0.1) is 0 Å². The minimum Gasteiger partial charge on any atom is -0.497 e. The van der Waals surface area contributed by atoms with Gasteiger partial charge in [0.25, 0.3) is 0 Å². The maximum atomic E-state index is 12.8. The molecule has 0 fully saturated rings. The largest absolute Gasteiger partial charge is 0.497 e. The van der Waals surface area contributed by atoms with Gasteiger partial charge >= 0.3 is 0 Å². The highest BCUT2D eigenvalue weighted by Gasteiger charge is 2.49. The lowest BCUT2D eigenvalue weighted by Gasteiger charge is -2.43. The molecule has 0 saturated carbocycles. The average molecular weight is 408 g/mol. The molecule has 0 amide bonds. The first-order valence-electron chi connectivity index (χ1n) is 10.1. The first-order valence-corrected chi connectivity index (χ1v) is 10.1. The summed E-state index contributed by atoms with van der Waals surface area (Å²) in [6.45, 7) is 6.66. The van der Waals surface area contributed by atoms with Crippen LogP contribution in [0.15, 0.2) is 59.8 Å². The summed E-state index contributed by atoms with van der Waals surface area (Å²) in [6.07, 6.45) is 0.181. The molecule has 0 spiro atoms. The summed E-state index contributed by atoms with van der Waals surface area (Å²) in [5.74, 6) is -0.747. The van der Waals surface area contributed by atoms with E-state index in [1.165, 1.54) is 13.8 Å². The van der Waals surface area contributed by atoms with Crippen molar-refractivity contribution in [2.75, 3.05) is 12.4 Å². The first-order chi connectivity index (χ1) is 14.1. The highest BCUT2D eigenvalue weighted by Crippen LogP contribution is 2.47. The Morgan fingerprint density at radius 2 is 1.67 bits per heavy atom. The lowest BCUT2D eigenvalue weighted by molar-refractivity contribution is -0.131. The van der Waals surface area contributed by atoms with Crippen molar-refractivity contribution in [2.24, 2.45) is 5.92 Å². The maximum Gasteiger partial charge on any atom is 0.158 e. The molecule has 3 atom stereocenters. The number of ether oxygens (including phenoxy) is 1. The lowest BCUT2D eigenvalue weighted by atomic mass is 9.64.